The van der Waals surface area contributed by atoms with E-state index in [-0.39, 0.29) is 6.04 Å². The lowest BCUT2D eigenvalue weighted by molar-refractivity contribution is 0.0985. The molecule has 0 spiro atoms. The molecule has 1 aliphatic carbocycles. The summed E-state index contributed by atoms with van der Waals surface area (Å²) in [6, 6.07) is 7.02. The number of nitrogens with one attached hydrogen (secondary N) is 1. The third kappa shape index (κ3) is 3.09. The van der Waals surface area contributed by atoms with Crippen molar-refractivity contribution in [2.45, 2.75) is 50.5 Å². The highest BCUT2D eigenvalue weighted by Gasteiger charge is 2.38. The number of pyridine rings is 1. The van der Waals surface area contributed by atoms with Crippen LogP contribution in [0.5, 0.6) is 0 Å². The molecule has 7 nitrogen and oxygen atoms in total. The van der Waals surface area contributed by atoms with Crippen molar-refractivity contribution in [1.82, 2.24) is 19.6 Å². The van der Waals surface area contributed by atoms with Gasteiger partial charge in [0.2, 0.25) is 0 Å². The van der Waals surface area contributed by atoms with Gasteiger partial charge in [-0.1, -0.05) is 19.3 Å². The van der Waals surface area contributed by atoms with E-state index in [4.69, 9.17) is 14.1 Å². The molecule has 1 saturated heterocycles. The van der Waals surface area contributed by atoms with E-state index in [0.29, 0.717) is 13.2 Å². The zero-order valence-electron chi connectivity index (χ0n) is 16.5. The molecule has 1 aliphatic heterocycles. The molecule has 0 radical (unpaired) electrons. The van der Waals surface area contributed by atoms with Crippen LogP contribution in [0.3, 0.4) is 0 Å². The van der Waals surface area contributed by atoms with Gasteiger partial charge in [-0.25, -0.2) is 4.98 Å². The Hall–Kier alpha value is -2.50. The third-order valence-electron chi connectivity index (χ3n) is 6.27. The lowest BCUT2D eigenvalue weighted by atomic mass is 9.70. The molecule has 0 unspecified atom stereocenters. The summed E-state index contributed by atoms with van der Waals surface area (Å²) in [6.45, 7) is 4.34. The van der Waals surface area contributed by atoms with Crippen LogP contribution in [0.15, 0.2) is 18.3 Å². The van der Waals surface area contributed by atoms with Crippen molar-refractivity contribution >= 4 is 27.6 Å². The molecule has 150 valence electrons. The van der Waals surface area contributed by atoms with Crippen LogP contribution in [0.2, 0.25) is 0 Å². The minimum atomic E-state index is -0.457. The Morgan fingerprint density at radius 2 is 2.21 bits per heavy atom. The quantitative estimate of drug-likeness (QED) is 0.703. The topological polar surface area (TPSA) is 90.7 Å². The second-order valence-corrected chi connectivity index (χ2v) is 8.85. The van der Waals surface area contributed by atoms with Crippen LogP contribution < -0.4 is 4.90 Å². The first kappa shape index (κ1) is 18.5. The van der Waals surface area contributed by atoms with Crippen molar-refractivity contribution in [3.8, 4) is 17.5 Å². The van der Waals surface area contributed by atoms with E-state index < -0.39 is 5.41 Å². The number of rotatable bonds is 3. The summed E-state index contributed by atoms with van der Waals surface area (Å²) < 4.78 is 11.4. The molecule has 0 bridgehead atoms. The summed E-state index contributed by atoms with van der Waals surface area (Å²) in [4.78, 5) is 7.35. The number of H-pyrrole nitrogens is 1. The molecule has 29 heavy (non-hydrogen) atoms. The molecular formula is C21H24N6OS. The van der Waals surface area contributed by atoms with Crippen LogP contribution >= 0.6 is 11.5 Å². The van der Waals surface area contributed by atoms with Crippen LogP contribution in [-0.4, -0.2) is 45.4 Å². The van der Waals surface area contributed by atoms with E-state index in [1.807, 2.05) is 6.07 Å². The molecule has 2 aliphatic rings. The Morgan fingerprint density at radius 1 is 1.34 bits per heavy atom. The molecule has 4 heterocycles. The van der Waals surface area contributed by atoms with Crippen LogP contribution in [0.25, 0.3) is 21.6 Å². The maximum atomic E-state index is 10.3. The van der Waals surface area contributed by atoms with Crippen LogP contribution in [0, 0.1) is 11.3 Å². The molecule has 1 atom stereocenters. The van der Waals surface area contributed by atoms with Gasteiger partial charge in [-0.15, -0.1) is 0 Å². The van der Waals surface area contributed by atoms with Gasteiger partial charge in [0.1, 0.15) is 17.0 Å². The number of fused-ring (bicyclic) bond motifs is 1. The Bertz CT molecular complexity index is 1050. The van der Waals surface area contributed by atoms with Crippen LogP contribution in [-0.2, 0) is 10.2 Å². The molecule has 0 aromatic carbocycles. The molecule has 3 aromatic rings. The highest BCUT2D eigenvalue weighted by molar-refractivity contribution is 7.13. The lowest BCUT2D eigenvalue weighted by Gasteiger charge is -2.36. The van der Waals surface area contributed by atoms with Crippen LogP contribution in [0.4, 0.5) is 5.82 Å². The fourth-order valence-electron chi connectivity index (χ4n) is 4.64. The first-order valence-corrected chi connectivity index (χ1v) is 11.1. The van der Waals surface area contributed by atoms with Gasteiger partial charge < -0.3 is 9.64 Å². The zero-order valence-corrected chi connectivity index (χ0v) is 17.3. The lowest BCUT2D eigenvalue weighted by Crippen LogP contribution is -2.44. The number of hydrogen-bond acceptors (Lipinski definition) is 7. The number of aromatic amines is 1. The van der Waals surface area contributed by atoms with Gasteiger partial charge in [0, 0.05) is 12.7 Å². The van der Waals surface area contributed by atoms with E-state index in [0.717, 1.165) is 65.2 Å². The predicted molar refractivity (Wildman–Crippen MR) is 113 cm³/mol. The Morgan fingerprint density at radius 3 is 2.93 bits per heavy atom. The van der Waals surface area contributed by atoms with Crippen molar-refractivity contribution in [3.63, 3.8) is 0 Å². The Labute approximate surface area is 173 Å². The molecule has 5 rings (SSSR count). The molecule has 3 aromatic heterocycles. The Balaban J connectivity index is 1.74. The smallest absolute Gasteiger partial charge is 0.130 e. The van der Waals surface area contributed by atoms with Gasteiger partial charge in [0.25, 0.3) is 0 Å². The average molecular weight is 409 g/mol. The van der Waals surface area contributed by atoms with E-state index >= 15 is 0 Å². The normalized spacial score (nSPS) is 21.9. The molecular weight excluding hydrogens is 384 g/mol. The minimum absolute atomic E-state index is 0.244. The van der Waals surface area contributed by atoms with Crippen molar-refractivity contribution in [1.29, 1.82) is 5.26 Å². The first-order valence-electron chi connectivity index (χ1n) is 10.3. The van der Waals surface area contributed by atoms with E-state index in [9.17, 15) is 5.26 Å². The fourth-order valence-corrected chi connectivity index (χ4v) is 5.59. The number of nitrogens with zero attached hydrogens (tertiary/aromatic N) is 5. The summed E-state index contributed by atoms with van der Waals surface area (Å²) >= 11 is 1.45. The third-order valence-corrected chi connectivity index (χ3v) is 7.14. The van der Waals surface area contributed by atoms with E-state index in [2.05, 4.69) is 34.2 Å². The largest absolute Gasteiger partial charge is 0.377 e. The Kier molecular flexibility index (Phi) is 4.72. The minimum Gasteiger partial charge on any atom is -0.377 e. The molecule has 1 saturated carbocycles. The van der Waals surface area contributed by atoms with E-state index in [1.165, 1.54) is 18.0 Å². The number of anilines is 1. The molecule has 0 amide bonds. The van der Waals surface area contributed by atoms with Gasteiger partial charge in [-0.05, 0) is 49.0 Å². The van der Waals surface area contributed by atoms with Gasteiger partial charge in [0.05, 0.1) is 41.1 Å². The summed E-state index contributed by atoms with van der Waals surface area (Å²) in [5.41, 5.74) is 3.18. The summed E-state index contributed by atoms with van der Waals surface area (Å²) in [5.74, 6) is 0.921. The second kappa shape index (κ2) is 7.39. The highest BCUT2D eigenvalue weighted by atomic mass is 32.1. The van der Waals surface area contributed by atoms with Crippen molar-refractivity contribution in [2.24, 2.45) is 0 Å². The summed E-state index contributed by atoms with van der Waals surface area (Å²) in [5, 5.41) is 17.4. The maximum Gasteiger partial charge on any atom is 0.130 e. The number of hydrogen-bond donors (Lipinski definition) is 1. The number of ether oxygens (including phenoxy) is 1. The van der Waals surface area contributed by atoms with Gasteiger partial charge in [-0.2, -0.15) is 14.7 Å². The standard InChI is InChI=1S/C21H24N6OS/c1-14-12-28-10-9-27(14)17-11-15(21(13-22)6-3-2-4-7-21)20-19(24-17)18(26-29-20)16-5-8-23-25-16/h5,8,11,14H,2-4,6-7,9-10,12H2,1H3,(H,23,25)/t14-/m1/s1. The number of morpholine rings is 1. The molecule has 2 fully saturated rings. The second-order valence-electron chi connectivity index (χ2n) is 8.08. The molecule has 1 N–H and O–H groups in total. The number of nitriles is 1. The van der Waals surface area contributed by atoms with Crippen LogP contribution in [0.1, 0.15) is 44.6 Å². The molecule has 8 heteroatoms. The zero-order chi connectivity index (χ0) is 19.8. The van der Waals surface area contributed by atoms with Crippen molar-refractivity contribution < 1.29 is 4.74 Å². The average Bonchev–Trinajstić information content (AvgIpc) is 3.43. The first-order chi connectivity index (χ1) is 14.2. The fraction of sp³-hybridized carbons (Fsp3) is 0.524. The van der Waals surface area contributed by atoms with Gasteiger partial charge in [0.15, 0.2) is 0 Å². The predicted octanol–water partition coefficient (Wildman–Crippen LogP) is 4.03. The summed E-state index contributed by atoms with van der Waals surface area (Å²) in [6.07, 6.45) is 6.91. The van der Waals surface area contributed by atoms with Crippen molar-refractivity contribution in [2.75, 3.05) is 24.7 Å². The van der Waals surface area contributed by atoms with Gasteiger partial charge in [-0.3, -0.25) is 5.10 Å². The summed E-state index contributed by atoms with van der Waals surface area (Å²) in [7, 11) is 0. The van der Waals surface area contributed by atoms with Crippen molar-refractivity contribution in [3.05, 3.63) is 23.9 Å². The van der Waals surface area contributed by atoms with Gasteiger partial charge >= 0.3 is 0 Å². The number of aromatic nitrogens is 4. The maximum absolute atomic E-state index is 10.3. The van der Waals surface area contributed by atoms with E-state index in [1.54, 1.807) is 6.20 Å². The highest BCUT2D eigenvalue weighted by Crippen LogP contribution is 2.45. The SMILES string of the molecule is C[C@@H]1COCCN1c1cc(C2(C#N)CCCCC2)c2snc(-c3ccn[nH]3)c2n1. The monoisotopic (exact) mass is 408 g/mol.